The quantitative estimate of drug-likeness (QED) is 0.288. The third-order valence-electron chi connectivity index (χ3n) is 7.46. The summed E-state index contributed by atoms with van der Waals surface area (Å²) in [7, 11) is -1.07. The Morgan fingerprint density at radius 2 is 1.78 bits per heavy atom. The predicted molar refractivity (Wildman–Crippen MR) is 152 cm³/mol. The topological polar surface area (TPSA) is 115 Å². The lowest BCUT2D eigenvalue weighted by Gasteiger charge is -2.29. The maximum atomic E-state index is 13.5. The molecule has 218 valence electrons. The molecule has 0 aliphatic carbocycles. The summed E-state index contributed by atoms with van der Waals surface area (Å²) in [5, 5.41) is 5.38. The van der Waals surface area contributed by atoms with Crippen LogP contribution in [0.1, 0.15) is 42.9 Å². The number of aryl methyl sites for hydroxylation is 1. The van der Waals surface area contributed by atoms with Crippen molar-refractivity contribution in [2.24, 2.45) is 7.05 Å². The number of nitrogens with two attached hydrogens (primary N) is 1. The lowest BCUT2D eigenvalue weighted by atomic mass is 9.89. The third kappa shape index (κ3) is 5.82. The maximum Gasteiger partial charge on any atom is 0.355 e. The molecule has 2 aromatic carbocycles. The molecule has 0 spiro atoms. The fourth-order valence-corrected chi connectivity index (χ4v) is 5.79. The highest BCUT2D eigenvalue weighted by molar-refractivity contribution is 7.93. The minimum absolute atomic E-state index is 0.0136. The van der Waals surface area contributed by atoms with Gasteiger partial charge in [-0.1, -0.05) is 18.2 Å². The van der Waals surface area contributed by atoms with Gasteiger partial charge in [0.2, 0.25) is 0 Å². The zero-order valence-corrected chi connectivity index (χ0v) is 23.6. The van der Waals surface area contributed by atoms with Crippen molar-refractivity contribution in [3.05, 3.63) is 65.6 Å². The molecule has 1 aliphatic heterocycles. The molecule has 1 saturated heterocycles. The van der Waals surface area contributed by atoms with Crippen molar-refractivity contribution in [2.75, 3.05) is 30.6 Å². The first-order valence-electron chi connectivity index (χ1n) is 13.1. The number of nitrogens with one attached hydrogen (secondary N) is 1. The van der Waals surface area contributed by atoms with Gasteiger partial charge in [-0.15, -0.1) is 0 Å². The molecule has 3 heterocycles. The number of hydrogen-bond acceptors (Lipinski definition) is 7. The highest BCUT2D eigenvalue weighted by atomic mass is 32.2. The Morgan fingerprint density at radius 1 is 1.10 bits per heavy atom. The van der Waals surface area contributed by atoms with Gasteiger partial charge in [-0.05, 0) is 81.2 Å². The van der Waals surface area contributed by atoms with Crippen molar-refractivity contribution in [1.29, 1.82) is 0 Å². The summed E-state index contributed by atoms with van der Waals surface area (Å²) < 4.78 is 73.7. The second-order valence-electron chi connectivity index (χ2n) is 10.3. The molecule has 3 N–H and O–H groups in total. The Hall–Kier alpha value is -3.84. The molecule has 0 amide bonds. The molecule has 4 aromatic rings. The molecule has 9 nitrogen and oxygen atoms in total. The van der Waals surface area contributed by atoms with Crippen LogP contribution in [0, 0.1) is 5.82 Å². The van der Waals surface area contributed by atoms with Gasteiger partial charge in [-0.3, -0.25) is 9.40 Å². The van der Waals surface area contributed by atoms with E-state index in [1.54, 1.807) is 23.9 Å². The van der Waals surface area contributed by atoms with E-state index in [0.29, 0.717) is 22.2 Å². The van der Waals surface area contributed by atoms with E-state index in [0.717, 1.165) is 37.0 Å². The first-order valence-corrected chi connectivity index (χ1v) is 14.6. The second kappa shape index (κ2) is 11.2. The van der Waals surface area contributed by atoms with Crippen LogP contribution in [0.3, 0.4) is 0 Å². The van der Waals surface area contributed by atoms with Gasteiger partial charge in [-0.2, -0.15) is 13.9 Å². The smallest absolute Gasteiger partial charge is 0.355 e. The molecule has 1 atom stereocenters. The number of fused-ring (bicyclic) bond motifs is 1. The van der Waals surface area contributed by atoms with E-state index in [2.05, 4.69) is 16.9 Å². The van der Waals surface area contributed by atoms with E-state index in [9.17, 15) is 21.6 Å². The average molecular weight is 589 g/mol. The molecule has 0 saturated carbocycles. The molecular weight excluding hydrogens is 557 g/mol. The van der Waals surface area contributed by atoms with E-state index in [-0.39, 0.29) is 23.2 Å². The molecular formula is C28H31F3N6O3S. The highest BCUT2D eigenvalue weighted by Crippen LogP contribution is 2.41. The zero-order chi connectivity index (χ0) is 29.5. The number of hydrogen-bond donors (Lipinski definition) is 2. The summed E-state index contributed by atoms with van der Waals surface area (Å²) >= 11 is 0. The number of rotatable bonds is 8. The SMILES string of the molecule is C[C@H](Oc1cc(-c2nn(C)c3c(C4CCN(C)CC4)cnc(N)c23)ccc1NS(=O)(=O)C(F)F)c1ccc(F)cc1. The minimum atomic E-state index is -4.98. The van der Waals surface area contributed by atoms with Crippen LogP contribution in [-0.2, 0) is 17.1 Å². The van der Waals surface area contributed by atoms with Crippen molar-refractivity contribution >= 4 is 32.4 Å². The van der Waals surface area contributed by atoms with E-state index >= 15 is 0 Å². The molecule has 5 rings (SSSR count). The summed E-state index contributed by atoms with van der Waals surface area (Å²) in [5.41, 5.74) is 9.70. The Bertz CT molecular complexity index is 1670. The van der Waals surface area contributed by atoms with E-state index in [1.807, 2.05) is 11.8 Å². The number of alkyl halides is 2. The van der Waals surface area contributed by atoms with Gasteiger partial charge < -0.3 is 15.4 Å². The van der Waals surface area contributed by atoms with E-state index in [1.165, 1.54) is 36.4 Å². The highest BCUT2D eigenvalue weighted by Gasteiger charge is 2.28. The first-order chi connectivity index (χ1) is 19.4. The number of nitrogens with zero attached hydrogens (tertiary/aromatic N) is 4. The summed E-state index contributed by atoms with van der Waals surface area (Å²) in [6.45, 7) is 3.60. The van der Waals surface area contributed by atoms with E-state index in [4.69, 9.17) is 15.6 Å². The van der Waals surface area contributed by atoms with Gasteiger partial charge in [0.25, 0.3) is 10.0 Å². The molecule has 0 radical (unpaired) electrons. The van der Waals surface area contributed by atoms with Gasteiger partial charge in [0.1, 0.15) is 29.2 Å². The Kier molecular flexibility index (Phi) is 7.84. The third-order valence-corrected chi connectivity index (χ3v) is 8.44. The Morgan fingerprint density at radius 3 is 2.44 bits per heavy atom. The number of aromatic nitrogens is 3. The van der Waals surface area contributed by atoms with Crippen LogP contribution in [-0.4, -0.2) is 54.0 Å². The van der Waals surface area contributed by atoms with Gasteiger partial charge in [0.15, 0.2) is 0 Å². The number of likely N-dealkylation sites (tertiary alicyclic amines) is 1. The van der Waals surface area contributed by atoms with Gasteiger partial charge >= 0.3 is 5.76 Å². The molecule has 41 heavy (non-hydrogen) atoms. The van der Waals surface area contributed by atoms with Crippen molar-refractivity contribution < 1.29 is 26.3 Å². The number of pyridine rings is 1. The second-order valence-corrected chi connectivity index (χ2v) is 12.0. The standard InChI is InChI=1S/C28H31F3N6O3S/c1-16(17-4-7-20(29)8-5-17)40-23-14-19(6-9-22(23)35-41(38,39)28(30)31)25-24-26(37(3)34-25)21(15-33-27(24)32)18-10-12-36(2)13-11-18/h4-9,14-16,18,28,35H,10-13H2,1-3H3,(H2,32,33)/t16-/m0/s1. The molecule has 13 heteroatoms. The average Bonchev–Trinajstić information content (AvgIpc) is 3.28. The van der Waals surface area contributed by atoms with Crippen LogP contribution in [0.4, 0.5) is 24.7 Å². The van der Waals surface area contributed by atoms with Gasteiger partial charge in [0.05, 0.1) is 16.6 Å². The van der Waals surface area contributed by atoms with Crippen molar-refractivity contribution in [2.45, 2.75) is 37.5 Å². The lowest BCUT2D eigenvalue weighted by Crippen LogP contribution is -2.29. The Balaban J connectivity index is 1.60. The number of nitrogen functional groups attached to an aromatic ring is 1. The monoisotopic (exact) mass is 588 g/mol. The van der Waals surface area contributed by atoms with E-state index < -0.39 is 27.7 Å². The van der Waals surface area contributed by atoms with Crippen molar-refractivity contribution in [3.8, 4) is 17.0 Å². The summed E-state index contributed by atoms with van der Waals surface area (Å²) in [6, 6.07) is 10.0. The maximum absolute atomic E-state index is 13.5. The van der Waals surface area contributed by atoms with Crippen LogP contribution in [0.5, 0.6) is 5.75 Å². The van der Waals surface area contributed by atoms with Crippen LogP contribution in [0.15, 0.2) is 48.7 Å². The summed E-state index contributed by atoms with van der Waals surface area (Å²) in [4.78, 5) is 6.76. The van der Waals surface area contributed by atoms with Crippen LogP contribution < -0.4 is 15.2 Å². The number of benzene rings is 2. The zero-order valence-electron chi connectivity index (χ0n) is 22.8. The molecule has 0 bridgehead atoms. The largest absolute Gasteiger partial charge is 0.484 e. The predicted octanol–water partition coefficient (Wildman–Crippen LogP) is 5.27. The molecule has 1 fully saturated rings. The fourth-order valence-electron chi connectivity index (χ4n) is 5.22. The van der Waals surface area contributed by atoms with Crippen LogP contribution >= 0.6 is 0 Å². The number of sulfonamides is 1. The summed E-state index contributed by atoms with van der Waals surface area (Å²) in [6.07, 6.45) is 3.07. The number of halogens is 3. The lowest BCUT2D eigenvalue weighted by molar-refractivity contribution is 0.228. The van der Waals surface area contributed by atoms with Crippen LogP contribution in [0.2, 0.25) is 0 Å². The van der Waals surface area contributed by atoms with Crippen molar-refractivity contribution in [1.82, 2.24) is 19.7 Å². The van der Waals surface area contributed by atoms with Gasteiger partial charge in [-0.25, -0.2) is 17.8 Å². The van der Waals surface area contributed by atoms with Crippen LogP contribution in [0.25, 0.3) is 22.2 Å². The van der Waals surface area contributed by atoms with Gasteiger partial charge in [0, 0.05) is 18.8 Å². The number of anilines is 2. The summed E-state index contributed by atoms with van der Waals surface area (Å²) in [5.74, 6) is -3.52. The Labute approximate surface area is 236 Å². The first kappa shape index (κ1) is 28.7. The molecule has 1 aliphatic rings. The number of ether oxygens (including phenoxy) is 1. The fraction of sp³-hybridized carbons (Fsp3) is 0.357. The normalized spacial score (nSPS) is 15.9. The number of piperidine rings is 1. The van der Waals surface area contributed by atoms with Crippen molar-refractivity contribution in [3.63, 3.8) is 0 Å². The molecule has 0 unspecified atom stereocenters. The molecule has 2 aromatic heterocycles. The minimum Gasteiger partial charge on any atom is -0.484 e.